The number of benzene rings is 3. The Kier molecular flexibility index (Phi) is 6.03. The molecule has 4 rings (SSSR count). The highest BCUT2D eigenvalue weighted by Gasteiger charge is 2.14. The zero-order chi connectivity index (χ0) is 19.9. The van der Waals surface area contributed by atoms with Gasteiger partial charge in [0, 0.05) is 30.0 Å². The number of anilines is 2. The highest BCUT2D eigenvalue weighted by molar-refractivity contribution is 6.29. The van der Waals surface area contributed by atoms with Crippen LogP contribution in [0.25, 0.3) is 11.6 Å². The number of nitrogens with zero attached hydrogens (tertiary/aromatic N) is 1. The van der Waals surface area contributed by atoms with Crippen LogP contribution in [0, 0.1) is 0 Å². The maximum absolute atomic E-state index is 13.1. The van der Waals surface area contributed by atoms with E-state index < -0.39 is 0 Å². The fourth-order valence-corrected chi connectivity index (χ4v) is 3.39. The lowest BCUT2D eigenvalue weighted by Crippen LogP contribution is -2.36. The van der Waals surface area contributed by atoms with Gasteiger partial charge in [0.05, 0.1) is 13.2 Å². The SMILES string of the molecule is O=C(Nc1ccc(N2CCOCC2)cc1)/C(=C/c1ccccc1)c1ccccc1. The molecular weight excluding hydrogens is 360 g/mol. The van der Waals surface area contributed by atoms with Crippen LogP contribution in [0.15, 0.2) is 84.9 Å². The molecule has 0 radical (unpaired) electrons. The molecule has 0 aromatic heterocycles. The van der Waals surface area contributed by atoms with Crippen molar-refractivity contribution in [3.63, 3.8) is 0 Å². The Morgan fingerprint density at radius 2 is 1.45 bits per heavy atom. The average molecular weight is 384 g/mol. The monoisotopic (exact) mass is 384 g/mol. The van der Waals surface area contributed by atoms with Gasteiger partial charge in [-0.15, -0.1) is 0 Å². The van der Waals surface area contributed by atoms with Crippen molar-refractivity contribution in [1.82, 2.24) is 0 Å². The summed E-state index contributed by atoms with van der Waals surface area (Å²) in [7, 11) is 0. The first-order valence-electron chi connectivity index (χ1n) is 9.86. The van der Waals surface area contributed by atoms with Crippen LogP contribution < -0.4 is 10.2 Å². The van der Waals surface area contributed by atoms with Crippen LogP contribution in [0.1, 0.15) is 11.1 Å². The molecular formula is C25H24N2O2. The summed E-state index contributed by atoms with van der Waals surface area (Å²) in [4.78, 5) is 15.4. The van der Waals surface area contributed by atoms with E-state index in [1.807, 2.05) is 91.0 Å². The molecule has 0 spiro atoms. The maximum atomic E-state index is 13.1. The third kappa shape index (κ3) is 4.92. The fraction of sp³-hybridized carbons (Fsp3) is 0.160. The lowest BCUT2D eigenvalue weighted by Gasteiger charge is -2.28. The van der Waals surface area contributed by atoms with E-state index in [9.17, 15) is 4.79 Å². The first-order chi connectivity index (χ1) is 14.3. The average Bonchev–Trinajstić information content (AvgIpc) is 2.80. The second-order valence-electron chi connectivity index (χ2n) is 6.94. The van der Waals surface area contributed by atoms with Crippen molar-refractivity contribution in [2.24, 2.45) is 0 Å². The van der Waals surface area contributed by atoms with Crippen LogP contribution in [0.4, 0.5) is 11.4 Å². The van der Waals surface area contributed by atoms with Gasteiger partial charge in [-0.1, -0.05) is 60.7 Å². The summed E-state index contributed by atoms with van der Waals surface area (Å²) in [5.41, 5.74) is 4.44. The van der Waals surface area contributed by atoms with E-state index in [0.29, 0.717) is 5.57 Å². The summed E-state index contributed by atoms with van der Waals surface area (Å²) in [5.74, 6) is -0.126. The van der Waals surface area contributed by atoms with Gasteiger partial charge in [0.1, 0.15) is 0 Å². The molecule has 1 amide bonds. The zero-order valence-corrected chi connectivity index (χ0v) is 16.3. The summed E-state index contributed by atoms with van der Waals surface area (Å²) < 4.78 is 5.41. The van der Waals surface area contributed by atoms with E-state index in [-0.39, 0.29) is 5.91 Å². The number of carbonyl (C=O) groups excluding carboxylic acids is 1. The molecule has 0 atom stereocenters. The first kappa shape index (κ1) is 19.0. The Hall–Kier alpha value is -3.37. The van der Waals surface area contributed by atoms with E-state index in [0.717, 1.165) is 48.8 Å². The lowest BCUT2D eigenvalue weighted by molar-refractivity contribution is -0.111. The van der Waals surface area contributed by atoms with Crippen LogP contribution >= 0.6 is 0 Å². The van der Waals surface area contributed by atoms with E-state index in [4.69, 9.17) is 4.74 Å². The second kappa shape index (κ2) is 9.22. The molecule has 4 nitrogen and oxygen atoms in total. The normalized spacial score (nSPS) is 14.5. The minimum absolute atomic E-state index is 0.126. The highest BCUT2D eigenvalue weighted by atomic mass is 16.5. The Morgan fingerprint density at radius 3 is 2.10 bits per heavy atom. The highest BCUT2D eigenvalue weighted by Crippen LogP contribution is 2.23. The number of hydrogen-bond acceptors (Lipinski definition) is 3. The molecule has 146 valence electrons. The summed E-state index contributed by atoms with van der Waals surface area (Å²) in [6.45, 7) is 3.29. The standard InChI is InChI=1S/C25H24N2O2/c28-25(26-22-11-13-23(14-12-22)27-15-17-29-18-16-27)24(21-9-5-2-6-10-21)19-20-7-3-1-4-8-20/h1-14,19H,15-18H2,(H,26,28)/b24-19+. The smallest absolute Gasteiger partial charge is 0.256 e. The number of amides is 1. The third-order valence-electron chi connectivity index (χ3n) is 4.94. The molecule has 29 heavy (non-hydrogen) atoms. The van der Waals surface area contributed by atoms with Crippen molar-refractivity contribution in [2.45, 2.75) is 0 Å². The maximum Gasteiger partial charge on any atom is 0.256 e. The van der Waals surface area contributed by atoms with Gasteiger partial charge >= 0.3 is 0 Å². The second-order valence-corrected chi connectivity index (χ2v) is 6.94. The van der Waals surface area contributed by atoms with Crippen molar-refractivity contribution in [2.75, 3.05) is 36.5 Å². The summed E-state index contributed by atoms with van der Waals surface area (Å²) >= 11 is 0. The Balaban J connectivity index is 1.54. The third-order valence-corrected chi connectivity index (χ3v) is 4.94. The molecule has 0 bridgehead atoms. The number of carbonyl (C=O) groups is 1. The van der Waals surface area contributed by atoms with Gasteiger partial charge in [-0.2, -0.15) is 0 Å². The first-order valence-corrected chi connectivity index (χ1v) is 9.86. The summed E-state index contributed by atoms with van der Waals surface area (Å²) in [5, 5.41) is 3.04. The quantitative estimate of drug-likeness (QED) is 0.512. The number of hydrogen-bond donors (Lipinski definition) is 1. The number of rotatable bonds is 5. The van der Waals surface area contributed by atoms with Crippen LogP contribution in [0.2, 0.25) is 0 Å². The van der Waals surface area contributed by atoms with Gasteiger partial charge in [-0.25, -0.2) is 0 Å². The molecule has 1 aliphatic rings. The number of ether oxygens (including phenoxy) is 1. The Morgan fingerprint density at radius 1 is 0.828 bits per heavy atom. The number of morpholine rings is 1. The molecule has 1 N–H and O–H groups in total. The van der Waals surface area contributed by atoms with Crippen molar-refractivity contribution >= 4 is 28.9 Å². The van der Waals surface area contributed by atoms with Crippen molar-refractivity contribution in [3.05, 3.63) is 96.1 Å². The molecule has 0 saturated carbocycles. The lowest BCUT2D eigenvalue weighted by atomic mass is 10.0. The molecule has 0 aliphatic carbocycles. The fourth-order valence-electron chi connectivity index (χ4n) is 3.39. The van der Waals surface area contributed by atoms with Gasteiger partial charge in [0.2, 0.25) is 0 Å². The van der Waals surface area contributed by atoms with Crippen molar-refractivity contribution < 1.29 is 9.53 Å². The topological polar surface area (TPSA) is 41.6 Å². The minimum Gasteiger partial charge on any atom is -0.378 e. The van der Waals surface area contributed by atoms with Crippen LogP contribution in [-0.2, 0) is 9.53 Å². The summed E-state index contributed by atoms with van der Waals surface area (Å²) in [6.07, 6.45) is 1.92. The molecule has 4 heteroatoms. The van der Waals surface area contributed by atoms with E-state index in [1.54, 1.807) is 0 Å². The van der Waals surface area contributed by atoms with Crippen LogP contribution in [0.5, 0.6) is 0 Å². The Labute approximate surface area is 171 Å². The summed E-state index contributed by atoms with van der Waals surface area (Å²) in [6, 6.07) is 27.6. The van der Waals surface area contributed by atoms with Gasteiger partial charge in [0.15, 0.2) is 0 Å². The van der Waals surface area contributed by atoms with Gasteiger partial charge in [0.25, 0.3) is 5.91 Å². The molecule has 1 heterocycles. The van der Waals surface area contributed by atoms with Gasteiger partial charge in [-0.05, 0) is 41.5 Å². The van der Waals surface area contributed by atoms with Gasteiger partial charge in [-0.3, -0.25) is 4.79 Å². The van der Waals surface area contributed by atoms with E-state index in [2.05, 4.69) is 10.2 Å². The molecule has 1 saturated heterocycles. The largest absolute Gasteiger partial charge is 0.378 e. The predicted molar refractivity (Wildman–Crippen MR) is 119 cm³/mol. The van der Waals surface area contributed by atoms with Gasteiger partial charge < -0.3 is 15.0 Å². The van der Waals surface area contributed by atoms with E-state index in [1.165, 1.54) is 0 Å². The molecule has 1 fully saturated rings. The molecule has 3 aromatic rings. The van der Waals surface area contributed by atoms with Crippen LogP contribution in [-0.4, -0.2) is 32.2 Å². The van der Waals surface area contributed by atoms with E-state index >= 15 is 0 Å². The molecule has 1 aliphatic heterocycles. The number of nitrogens with one attached hydrogen (secondary N) is 1. The minimum atomic E-state index is -0.126. The van der Waals surface area contributed by atoms with Crippen molar-refractivity contribution in [1.29, 1.82) is 0 Å². The predicted octanol–water partition coefficient (Wildman–Crippen LogP) is 4.70. The van der Waals surface area contributed by atoms with Crippen molar-refractivity contribution in [3.8, 4) is 0 Å². The Bertz CT molecular complexity index is 961. The molecule has 0 unspecified atom stereocenters. The van der Waals surface area contributed by atoms with Crippen LogP contribution in [0.3, 0.4) is 0 Å². The molecule has 3 aromatic carbocycles. The zero-order valence-electron chi connectivity index (χ0n) is 16.3.